The molecule has 0 aromatic heterocycles. The number of nitrogens with zero attached hydrogens (tertiary/aromatic N) is 1. The topological polar surface area (TPSA) is 69.7 Å². The zero-order chi connectivity index (χ0) is 17.8. The van der Waals surface area contributed by atoms with E-state index in [0.29, 0.717) is 6.42 Å². The molecule has 130 valence electrons. The first-order chi connectivity index (χ1) is 12.0. The number of benzene rings is 1. The van der Waals surface area contributed by atoms with Crippen LogP contribution in [0.3, 0.4) is 0 Å². The molecule has 1 amide bonds. The molecule has 1 aromatic rings. The highest BCUT2D eigenvalue weighted by molar-refractivity contribution is 5.91. The van der Waals surface area contributed by atoms with Crippen molar-refractivity contribution in [3.05, 3.63) is 60.7 Å². The summed E-state index contributed by atoms with van der Waals surface area (Å²) in [6.45, 7) is 5.78. The van der Waals surface area contributed by atoms with E-state index in [1.165, 1.54) is 0 Å². The number of fused-ring (bicyclic) bond motifs is 1. The van der Waals surface area contributed by atoms with Crippen molar-refractivity contribution in [1.82, 2.24) is 4.90 Å². The molecule has 0 N–H and O–H groups in total. The minimum atomic E-state index is -1.22. The lowest BCUT2D eigenvalue weighted by Crippen LogP contribution is -2.46. The second kappa shape index (κ2) is 5.56. The second-order valence-corrected chi connectivity index (χ2v) is 6.99. The first kappa shape index (κ1) is 16.1. The Kier molecular flexibility index (Phi) is 3.58. The van der Waals surface area contributed by atoms with Crippen LogP contribution in [0.25, 0.3) is 0 Å². The van der Waals surface area contributed by atoms with Crippen molar-refractivity contribution in [2.45, 2.75) is 37.1 Å². The number of carboxylic acid groups (broad SMARTS) is 1. The number of carboxylic acids is 1. The Labute approximate surface area is 146 Å². The highest BCUT2D eigenvalue weighted by atomic mass is 16.5. The van der Waals surface area contributed by atoms with Crippen LogP contribution in [-0.2, 0) is 14.3 Å². The summed E-state index contributed by atoms with van der Waals surface area (Å²) in [7, 11) is 0. The lowest BCUT2D eigenvalue weighted by molar-refractivity contribution is -0.313. The standard InChI is InChI=1S/C20H21NO4/c1-3-7-15-20-11-10-14(25-20)16(19(23)24)17(20)18(22)21(15)12(2)13-8-5-4-6-9-13/h3-6,8-12,14-17H,1,7H2,2H3,(H,23,24)/p-1/t12-,14-,15-,16+,17+,20-/m1/s1. The van der Waals surface area contributed by atoms with Crippen LogP contribution in [0.5, 0.6) is 0 Å². The summed E-state index contributed by atoms with van der Waals surface area (Å²) in [5.74, 6) is -3.06. The van der Waals surface area contributed by atoms with Crippen LogP contribution in [0.1, 0.15) is 24.9 Å². The number of likely N-dealkylation sites (tertiary alicyclic amines) is 1. The zero-order valence-electron chi connectivity index (χ0n) is 14.0. The monoisotopic (exact) mass is 338 g/mol. The minimum Gasteiger partial charge on any atom is -0.550 e. The third-order valence-electron chi connectivity index (χ3n) is 5.82. The first-order valence-corrected chi connectivity index (χ1v) is 8.57. The fraction of sp³-hybridized carbons (Fsp3) is 0.400. The van der Waals surface area contributed by atoms with Gasteiger partial charge in [-0.2, -0.15) is 0 Å². The molecule has 0 radical (unpaired) electrons. The smallest absolute Gasteiger partial charge is 0.230 e. The van der Waals surface area contributed by atoms with Crippen molar-refractivity contribution >= 4 is 11.9 Å². The third-order valence-corrected chi connectivity index (χ3v) is 5.82. The van der Waals surface area contributed by atoms with E-state index < -0.39 is 29.5 Å². The lowest BCUT2D eigenvalue weighted by atomic mass is 9.74. The van der Waals surface area contributed by atoms with Crippen molar-refractivity contribution in [3.63, 3.8) is 0 Å². The van der Waals surface area contributed by atoms with E-state index in [-0.39, 0.29) is 18.0 Å². The molecule has 0 saturated carbocycles. The fourth-order valence-electron chi connectivity index (χ4n) is 4.75. The van der Waals surface area contributed by atoms with Gasteiger partial charge in [-0.25, -0.2) is 0 Å². The predicted octanol–water partition coefficient (Wildman–Crippen LogP) is 1.22. The number of hydrogen-bond acceptors (Lipinski definition) is 4. The van der Waals surface area contributed by atoms with Crippen LogP contribution >= 0.6 is 0 Å². The maximum absolute atomic E-state index is 13.3. The van der Waals surface area contributed by atoms with Gasteiger partial charge >= 0.3 is 0 Å². The number of carbonyl (C=O) groups excluding carboxylic acids is 2. The number of amides is 1. The van der Waals surface area contributed by atoms with Gasteiger partial charge in [-0.05, 0) is 18.9 Å². The summed E-state index contributed by atoms with van der Waals surface area (Å²) < 4.78 is 6.07. The Hall–Kier alpha value is -2.40. The number of aliphatic carboxylic acids is 1. The molecule has 5 nitrogen and oxygen atoms in total. The van der Waals surface area contributed by atoms with Gasteiger partial charge in [0.15, 0.2) is 0 Å². The Balaban J connectivity index is 1.78. The molecule has 1 spiro atoms. The van der Waals surface area contributed by atoms with Gasteiger partial charge in [0.05, 0.1) is 24.1 Å². The van der Waals surface area contributed by atoms with Crippen LogP contribution < -0.4 is 5.11 Å². The summed E-state index contributed by atoms with van der Waals surface area (Å²) in [5.41, 5.74) is 0.105. The SMILES string of the molecule is C=CC[C@H]1N([C@H](C)c2ccccc2)C(=O)[C@@H]2[C@@H](C(=O)[O-])[C@H]3C=C[C@]21O3. The predicted molar refractivity (Wildman–Crippen MR) is 89.0 cm³/mol. The van der Waals surface area contributed by atoms with E-state index in [2.05, 4.69) is 6.58 Å². The Bertz CT molecular complexity index is 758. The number of rotatable bonds is 5. The van der Waals surface area contributed by atoms with E-state index in [4.69, 9.17) is 4.74 Å². The molecule has 5 heteroatoms. The molecule has 0 unspecified atom stereocenters. The minimum absolute atomic E-state index is 0.177. The number of carbonyl (C=O) groups is 2. The molecule has 2 fully saturated rings. The normalized spacial score (nSPS) is 36.5. The molecule has 3 aliphatic heterocycles. The summed E-state index contributed by atoms with van der Waals surface area (Å²) in [6, 6.07) is 9.27. The number of ether oxygens (including phenoxy) is 1. The molecule has 1 aromatic carbocycles. The van der Waals surface area contributed by atoms with Crippen LogP contribution in [0.15, 0.2) is 55.1 Å². The molecule has 6 atom stereocenters. The van der Waals surface area contributed by atoms with Crippen LogP contribution in [-0.4, -0.2) is 34.5 Å². The van der Waals surface area contributed by atoms with E-state index >= 15 is 0 Å². The van der Waals surface area contributed by atoms with Gasteiger partial charge in [-0.15, -0.1) is 6.58 Å². The van der Waals surface area contributed by atoms with E-state index in [1.54, 1.807) is 17.1 Å². The van der Waals surface area contributed by atoms with Gasteiger partial charge in [0.25, 0.3) is 0 Å². The Morgan fingerprint density at radius 1 is 1.44 bits per heavy atom. The van der Waals surface area contributed by atoms with Crippen LogP contribution in [0.2, 0.25) is 0 Å². The fourth-order valence-corrected chi connectivity index (χ4v) is 4.75. The molecule has 3 aliphatic rings. The molecule has 2 saturated heterocycles. The van der Waals surface area contributed by atoms with E-state index in [9.17, 15) is 14.7 Å². The quantitative estimate of drug-likeness (QED) is 0.757. The molecule has 4 rings (SSSR count). The summed E-state index contributed by atoms with van der Waals surface area (Å²) in [6.07, 6.45) is 5.36. The van der Waals surface area contributed by atoms with E-state index in [1.807, 2.05) is 43.3 Å². The van der Waals surface area contributed by atoms with Gasteiger partial charge in [-0.3, -0.25) is 4.79 Å². The average Bonchev–Trinajstić information content (AvgIpc) is 3.24. The average molecular weight is 338 g/mol. The zero-order valence-corrected chi connectivity index (χ0v) is 14.0. The lowest BCUT2D eigenvalue weighted by Gasteiger charge is -2.36. The number of hydrogen-bond donors (Lipinski definition) is 0. The van der Waals surface area contributed by atoms with Gasteiger partial charge in [0.1, 0.15) is 5.60 Å². The largest absolute Gasteiger partial charge is 0.550 e. The highest BCUT2D eigenvalue weighted by Crippen LogP contribution is 2.57. The van der Waals surface area contributed by atoms with Gasteiger partial charge in [0.2, 0.25) is 5.91 Å². The third kappa shape index (κ3) is 2.05. The second-order valence-electron chi connectivity index (χ2n) is 6.99. The Morgan fingerprint density at radius 3 is 2.80 bits per heavy atom. The molecule has 3 heterocycles. The Morgan fingerprint density at radius 2 is 2.16 bits per heavy atom. The van der Waals surface area contributed by atoms with Crippen molar-refractivity contribution in [1.29, 1.82) is 0 Å². The summed E-state index contributed by atoms with van der Waals surface area (Å²) in [4.78, 5) is 26.7. The van der Waals surface area contributed by atoms with Crippen LogP contribution in [0.4, 0.5) is 0 Å². The van der Waals surface area contributed by atoms with Crippen molar-refractivity contribution in [3.8, 4) is 0 Å². The summed E-state index contributed by atoms with van der Waals surface area (Å²) >= 11 is 0. The van der Waals surface area contributed by atoms with Gasteiger partial charge in [0, 0.05) is 11.9 Å². The first-order valence-electron chi connectivity index (χ1n) is 8.57. The summed E-state index contributed by atoms with van der Waals surface area (Å²) in [5, 5.41) is 11.7. The molecular formula is C20H20NO4-. The highest BCUT2D eigenvalue weighted by Gasteiger charge is 2.69. The molecule has 2 bridgehead atoms. The van der Waals surface area contributed by atoms with Gasteiger partial charge in [-0.1, -0.05) is 48.6 Å². The van der Waals surface area contributed by atoms with Crippen LogP contribution in [0, 0.1) is 11.8 Å². The molecule has 25 heavy (non-hydrogen) atoms. The van der Waals surface area contributed by atoms with E-state index in [0.717, 1.165) is 5.56 Å². The maximum Gasteiger partial charge on any atom is 0.230 e. The molecular weight excluding hydrogens is 318 g/mol. The van der Waals surface area contributed by atoms with Crippen molar-refractivity contribution in [2.75, 3.05) is 0 Å². The van der Waals surface area contributed by atoms with Gasteiger partial charge < -0.3 is 19.5 Å². The molecule has 0 aliphatic carbocycles. The van der Waals surface area contributed by atoms with Crippen molar-refractivity contribution in [2.24, 2.45) is 11.8 Å². The maximum atomic E-state index is 13.3. The van der Waals surface area contributed by atoms with Crippen molar-refractivity contribution < 1.29 is 19.4 Å².